The Hall–Kier alpha value is -2.70. The van der Waals surface area contributed by atoms with Gasteiger partial charge in [-0.15, -0.1) is 11.8 Å². The van der Waals surface area contributed by atoms with Gasteiger partial charge in [0.25, 0.3) is 0 Å². The number of nitrogens with zero attached hydrogens (tertiary/aromatic N) is 4. The molecule has 0 atom stereocenters. The van der Waals surface area contributed by atoms with E-state index in [1.807, 2.05) is 37.3 Å². The van der Waals surface area contributed by atoms with Gasteiger partial charge in [-0.05, 0) is 37.3 Å². The molecule has 0 spiro atoms. The molecular formula is C22H16ClFN4S. The predicted molar refractivity (Wildman–Crippen MR) is 117 cm³/mol. The highest BCUT2D eigenvalue weighted by Crippen LogP contribution is 2.44. The van der Waals surface area contributed by atoms with E-state index in [2.05, 4.69) is 14.9 Å². The Morgan fingerprint density at radius 3 is 2.86 bits per heavy atom. The Balaban J connectivity index is 1.85. The third-order valence-electron chi connectivity index (χ3n) is 4.99. The van der Waals surface area contributed by atoms with Crippen molar-refractivity contribution >= 4 is 45.6 Å². The second kappa shape index (κ2) is 7.28. The van der Waals surface area contributed by atoms with Gasteiger partial charge < -0.3 is 4.90 Å². The molecule has 4 aromatic rings. The van der Waals surface area contributed by atoms with Crippen LogP contribution in [0.3, 0.4) is 0 Å². The molecule has 144 valence electrons. The van der Waals surface area contributed by atoms with Gasteiger partial charge in [-0.2, -0.15) is 0 Å². The van der Waals surface area contributed by atoms with Crippen LogP contribution in [-0.2, 0) is 0 Å². The average molecular weight is 423 g/mol. The predicted octanol–water partition coefficient (Wildman–Crippen LogP) is 6.04. The molecule has 0 bridgehead atoms. The molecule has 0 N–H and O–H groups in total. The Labute approximate surface area is 176 Å². The number of halogens is 2. The molecule has 0 amide bonds. The van der Waals surface area contributed by atoms with Crippen LogP contribution in [0.5, 0.6) is 0 Å². The monoisotopic (exact) mass is 422 g/mol. The van der Waals surface area contributed by atoms with E-state index < -0.39 is 0 Å². The van der Waals surface area contributed by atoms with Crippen LogP contribution >= 0.6 is 23.4 Å². The molecule has 4 heterocycles. The fourth-order valence-corrected chi connectivity index (χ4v) is 4.80. The lowest BCUT2D eigenvalue weighted by Gasteiger charge is -2.33. The normalized spacial score (nSPS) is 13.6. The second-order valence-corrected chi connectivity index (χ2v) is 8.28. The van der Waals surface area contributed by atoms with Crippen LogP contribution in [0.15, 0.2) is 59.9 Å². The highest BCUT2D eigenvalue weighted by atomic mass is 35.5. The fourth-order valence-electron chi connectivity index (χ4n) is 3.74. The van der Waals surface area contributed by atoms with Crippen molar-refractivity contribution in [1.29, 1.82) is 0 Å². The first-order valence-corrected chi connectivity index (χ1v) is 10.6. The van der Waals surface area contributed by atoms with Crippen LogP contribution in [0, 0.1) is 12.7 Å². The SMILES string of the molecule is Cc1c(-c2ccccn2)nc2cccc(F)c2c1N1CCSc2ncc(Cl)cc21. The maximum absolute atomic E-state index is 15.0. The van der Waals surface area contributed by atoms with Crippen molar-refractivity contribution in [3.8, 4) is 11.4 Å². The Morgan fingerprint density at radius 1 is 1.14 bits per heavy atom. The minimum Gasteiger partial charge on any atom is -0.337 e. The summed E-state index contributed by atoms with van der Waals surface area (Å²) in [6.07, 6.45) is 3.39. The Kier molecular flexibility index (Phi) is 4.60. The van der Waals surface area contributed by atoms with Gasteiger partial charge in [-0.1, -0.05) is 23.7 Å². The number of fused-ring (bicyclic) bond motifs is 2. The zero-order valence-corrected chi connectivity index (χ0v) is 17.1. The van der Waals surface area contributed by atoms with Crippen LogP contribution in [0.4, 0.5) is 15.8 Å². The van der Waals surface area contributed by atoms with E-state index in [1.54, 1.807) is 30.2 Å². The number of hydrogen-bond acceptors (Lipinski definition) is 5. The van der Waals surface area contributed by atoms with Crippen molar-refractivity contribution in [3.05, 3.63) is 71.3 Å². The van der Waals surface area contributed by atoms with Crippen LogP contribution in [0.1, 0.15) is 5.56 Å². The smallest absolute Gasteiger partial charge is 0.134 e. The third kappa shape index (κ3) is 3.12. The van der Waals surface area contributed by atoms with E-state index in [0.717, 1.165) is 45.6 Å². The number of rotatable bonds is 2. The molecule has 4 nitrogen and oxygen atoms in total. The number of pyridine rings is 3. The summed E-state index contributed by atoms with van der Waals surface area (Å²) < 4.78 is 15.0. The number of aromatic nitrogens is 3. The first kappa shape index (κ1) is 18.3. The number of thioether (sulfide) groups is 1. The van der Waals surface area contributed by atoms with Gasteiger partial charge in [0.1, 0.15) is 10.8 Å². The zero-order valence-electron chi connectivity index (χ0n) is 15.6. The minimum absolute atomic E-state index is 0.296. The quantitative estimate of drug-likeness (QED) is 0.394. The first-order valence-electron chi connectivity index (χ1n) is 9.19. The van der Waals surface area contributed by atoms with Crippen molar-refractivity contribution in [2.45, 2.75) is 11.9 Å². The van der Waals surface area contributed by atoms with Crippen molar-refractivity contribution in [2.75, 3.05) is 17.2 Å². The molecule has 1 aliphatic heterocycles. The highest BCUT2D eigenvalue weighted by Gasteiger charge is 2.27. The lowest BCUT2D eigenvalue weighted by molar-refractivity contribution is 0.639. The molecule has 3 aromatic heterocycles. The molecule has 5 rings (SSSR count). The molecule has 7 heteroatoms. The van der Waals surface area contributed by atoms with E-state index in [0.29, 0.717) is 15.9 Å². The molecule has 0 unspecified atom stereocenters. The summed E-state index contributed by atoms with van der Waals surface area (Å²) in [5.74, 6) is 0.550. The maximum Gasteiger partial charge on any atom is 0.134 e. The van der Waals surface area contributed by atoms with Gasteiger partial charge in [-0.3, -0.25) is 4.98 Å². The number of benzene rings is 1. The largest absolute Gasteiger partial charge is 0.337 e. The van der Waals surface area contributed by atoms with Crippen LogP contribution in [0.2, 0.25) is 5.02 Å². The molecule has 0 fully saturated rings. The molecule has 29 heavy (non-hydrogen) atoms. The van der Waals surface area contributed by atoms with E-state index in [4.69, 9.17) is 16.6 Å². The molecule has 1 aliphatic rings. The van der Waals surface area contributed by atoms with Crippen LogP contribution < -0.4 is 4.90 Å². The summed E-state index contributed by atoms with van der Waals surface area (Å²) in [5, 5.41) is 1.95. The molecule has 0 radical (unpaired) electrons. The fraction of sp³-hybridized carbons (Fsp3) is 0.136. The van der Waals surface area contributed by atoms with Crippen molar-refractivity contribution in [1.82, 2.24) is 15.0 Å². The van der Waals surface area contributed by atoms with E-state index in [-0.39, 0.29) is 5.82 Å². The summed E-state index contributed by atoms with van der Waals surface area (Å²) in [7, 11) is 0. The lowest BCUT2D eigenvalue weighted by atomic mass is 10.0. The van der Waals surface area contributed by atoms with Gasteiger partial charge in [0.05, 0.1) is 38.7 Å². The maximum atomic E-state index is 15.0. The lowest BCUT2D eigenvalue weighted by Crippen LogP contribution is -2.26. The van der Waals surface area contributed by atoms with E-state index >= 15 is 4.39 Å². The molecular weight excluding hydrogens is 407 g/mol. The second-order valence-electron chi connectivity index (χ2n) is 6.76. The van der Waals surface area contributed by atoms with Crippen LogP contribution in [-0.4, -0.2) is 27.2 Å². The van der Waals surface area contributed by atoms with Crippen molar-refractivity contribution < 1.29 is 4.39 Å². The van der Waals surface area contributed by atoms with Gasteiger partial charge in [-0.25, -0.2) is 14.4 Å². The van der Waals surface area contributed by atoms with Gasteiger partial charge >= 0.3 is 0 Å². The summed E-state index contributed by atoms with van der Waals surface area (Å²) >= 11 is 7.93. The standard InChI is InChI=1S/C22H16ClFN4S/c1-13-20(17-6-2-3-8-25-17)27-16-7-4-5-15(24)19(16)21(13)28-9-10-29-22-18(28)11-14(23)12-26-22/h2-8,11-12H,9-10H2,1H3. The summed E-state index contributed by atoms with van der Waals surface area (Å²) in [6.45, 7) is 2.69. The van der Waals surface area contributed by atoms with E-state index in [1.165, 1.54) is 6.07 Å². The minimum atomic E-state index is -0.296. The third-order valence-corrected chi connectivity index (χ3v) is 6.17. The summed E-state index contributed by atoms with van der Waals surface area (Å²) in [6, 6.07) is 12.6. The number of hydrogen-bond donors (Lipinski definition) is 0. The summed E-state index contributed by atoms with van der Waals surface area (Å²) in [4.78, 5) is 15.8. The first-order chi connectivity index (χ1) is 14.1. The molecule has 0 aliphatic carbocycles. The van der Waals surface area contributed by atoms with Gasteiger partial charge in [0.15, 0.2) is 0 Å². The average Bonchev–Trinajstić information content (AvgIpc) is 2.74. The van der Waals surface area contributed by atoms with Crippen molar-refractivity contribution in [3.63, 3.8) is 0 Å². The molecule has 0 saturated heterocycles. The highest BCUT2D eigenvalue weighted by molar-refractivity contribution is 7.99. The van der Waals surface area contributed by atoms with Crippen molar-refractivity contribution in [2.24, 2.45) is 0 Å². The Morgan fingerprint density at radius 2 is 2.03 bits per heavy atom. The number of anilines is 2. The Bertz CT molecular complexity index is 1230. The molecule has 0 saturated carbocycles. The zero-order chi connectivity index (χ0) is 20.0. The topological polar surface area (TPSA) is 41.9 Å². The van der Waals surface area contributed by atoms with Gasteiger partial charge in [0.2, 0.25) is 0 Å². The molecule has 1 aromatic carbocycles. The van der Waals surface area contributed by atoms with Gasteiger partial charge in [0, 0.05) is 30.3 Å². The van der Waals surface area contributed by atoms with Crippen LogP contribution in [0.25, 0.3) is 22.3 Å². The van der Waals surface area contributed by atoms with E-state index in [9.17, 15) is 0 Å². The summed E-state index contributed by atoms with van der Waals surface area (Å²) in [5.41, 5.74) is 4.65.